The largest absolute Gasteiger partial charge is 0.573 e. The lowest BCUT2D eigenvalue weighted by Gasteiger charge is -2.10. The number of ether oxygens (including phenoxy) is 3. The van der Waals surface area contributed by atoms with Crippen molar-refractivity contribution in [3.05, 3.63) is 48.0 Å². The van der Waals surface area contributed by atoms with Gasteiger partial charge in [0.2, 0.25) is 11.1 Å². The van der Waals surface area contributed by atoms with Crippen molar-refractivity contribution in [2.75, 3.05) is 26.5 Å². The number of rotatable bonds is 10. The monoisotopic (exact) mass is 483 g/mol. The lowest BCUT2D eigenvalue weighted by Crippen LogP contribution is -2.27. The number of benzene rings is 2. The Bertz CT molecular complexity index is 1080. The van der Waals surface area contributed by atoms with E-state index < -0.39 is 6.36 Å². The summed E-state index contributed by atoms with van der Waals surface area (Å²) >= 11 is 1.10. The molecule has 0 saturated heterocycles. The molecule has 1 aromatic heterocycles. The number of thioether (sulfide) groups is 1. The summed E-state index contributed by atoms with van der Waals surface area (Å²) in [7, 11) is 3.11. The SMILES string of the molecule is COc1ccc(CCNC(=O)CSc2nnnn2-c2ccc(OC(F)(F)F)cc2)cc1OC. The second-order valence-corrected chi connectivity index (χ2v) is 7.44. The first kappa shape index (κ1) is 24.2. The molecule has 0 spiro atoms. The van der Waals surface area contributed by atoms with Gasteiger partial charge in [0.15, 0.2) is 11.5 Å². The van der Waals surface area contributed by atoms with Crippen LogP contribution in [0, 0.1) is 0 Å². The fourth-order valence-electron chi connectivity index (χ4n) is 2.78. The molecule has 1 N–H and O–H groups in total. The number of carbonyl (C=O) groups excluding carboxylic acids is 1. The Hall–Kier alpha value is -3.48. The van der Waals surface area contributed by atoms with Crippen molar-refractivity contribution in [3.63, 3.8) is 0 Å². The highest BCUT2D eigenvalue weighted by Crippen LogP contribution is 2.28. The number of hydrogen-bond donors (Lipinski definition) is 1. The predicted octanol–water partition coefficient (Wildman–Crippen LogP) is 3.03. The van der Waals surface area contributed by atoms with E-state index in [0.717, 1.165) is 29.5 Å². The maximum Gasteiger partial charge on any atom is 0.573 e. The molecule has 3 rings (SSSR count). The summed E-state index contributed by atoms with van der Waals surface area (Å²) in [6, 6.07) is 10.6. The summed E-state index contributed by atoms with van der Waals surface area (Å²) in [4.78, 5) is 12.2. The van der Waals surface area contributed by atoms with Crippen LogP contribution in [0.15, 0.2) is 47.6 Å². The molecular weight excluding hydrogens is 463 g/mol. The summed E-state index contributed by atoms with van der Waals surface area (Å²) in [5.41, 5.74) is 1.40. The third-order valence-electron chi connectivity index (χ3n) is 4.27. The van der Waals surface area contributed by atoms with Gasteiger partial charge in [-0.05, 0) is 58.8 Å². The zero-order valence-electron chi connectivity index (χ0n) is 17.6. The Labute approximate surface area is 191 Å². The van der Waals surface area contributed by atoms with Crippen LogP contribution in [0.2, 0.25) is 0 Å². The summed E-state index contributed by atoms with van der Waals surface area (Å²) in [5.74, 6) is 0.719. The number of tetrazole rings is 1. The van der Waals surface area contributed by atoms with Gasteiger partial charge in [-0.2, -0.15) is 4.68 Å². The van der Waals surface area contributed by atoms with E-state index >= 15 is 0 Å². The highest BCUT2D eigenvalue weighted by molar-refractivity contribution is 7.99. The summed E-state index contributed by atoms with van der Waals surface area (Å²) in [6.07, 6.45) is -4.18. The van der Waals surface area contributed by atoms with E-state index in [1.54, 1.807) is 20.3 Å². The lowest BCUT2D eigenvalue weighted by atomic mass is 10.1. The molecule has 0 unspecified atom stereocenters. The van der Waals surface area contributed by atoms with Gasteiger partial charge in [0.1, 0.15) is 5.75 Å². The van der Waals surface area contributed by atoms with Crippen molar-refractivity contribution in [2.24, 2.45) is 0 Å². The van der Waals surface area contributed by atoms with E-state index in [-0.39, 0.29) is 17.4 Å². The fraction of sp³-hybridized carbons (Fsp3) is 0.300. The fourth-order valence-corrected chi connectivity index (χ4v) is 3.50. The second-order valence-electron chi connectivity index (χ2n) is 6.49. The van der Waals surface area contributed by atoms with Crippen LogP contribution in [-0.4, -0.2) is 59.0 Å². The number of aromatic nitrogens is 4. The number of carbonyl (C=O) groups is 1. The molecule has 0 saturated carbocycles. The third kappa shape index (κ3) is 7.00. The zero-order chi connectivity index (χ0) is 23.8. The topological polar surface area (TPSA) is 100 Å². The number of halogens is 3. The van der Waals surface area contributed by atoms with Gasteiger partial charge in [0.05, 0.1) is 25.7 Å². The number of hydrogen-bond acceptors (Lipinski definition) is 8. The van der Waals surface area contributed by atoms with Crippen LogP contribution >= 0.6 is 11.8 Å². The van der Waals surface area contributed by atoms with Gasteiger partial charge >= 0.3 is 6.36 Å². The van der Waals surface area contributed by atoms with Crippen LogP contribution in [0.25, 0.3) is 5.69 Å². The molecule has 0 bridgehead atoms. The van der Waals surface area contributed by atoms with Crippen molar-refractivity contribution >= 4 is 17.7 Å². The Balaban J connectivity index is 1.50. The quantitative estimate of drug-likeness (QED) is 0.440. The molecule has 0 atom stereocenters. The van der Waals surface area contributed by atoms with Crippen LogP contribution in [0.3, 0.4) is 0 Å². The molecule has 0 radical (unpaired) electrons. The first-order valence-corrected chi connectivity index (χ1v) is 10.5. The van der Waals surface area contributed by atoms with Gasteiger partial charge in [-0.1, -0.05) is 17.8 Å². The Morgan fingerprint density at radius 2 is 1.82 bits per heavy atom. The van der Waals surface area contributed by atoms with E-state index in [2.05, 4.69) is 25.6 Å². The standard InChI is InChI=1S/C20H20F3N5O4S/c1-30-16-8-3-13(11-17(16)31-2)9-10-24-18(29)12-33-19-25-26-27-28(19)14-4-6-15(7-5-14)32-20(21,22)23/h3-8,11H,9-10,12H2,1-2H3,(H,24,29). The van der Waals surface area contributed by atoms with Crippen molar-refractivity contribution in [1.29, 1.82) is 0 Å². The predicted molar refractivity (Wildman–Crippen MR) is 113 cm³/mol. The van der Waals surface area contributed by atoms with Gasteiger partial charge in [-0.15, -0.1) is 18.3 Å². The molecule has 1 heterocycles. The Kier molecular flexibility index (Phi) is 7.98. The molecule has 0 fully saturated rings. The average Bonchev–Trinajstić information content (AvgIpc) is 3.25. The maximum absolute atomic E-state index is 12.3. The molecule has 176 valence electrons. The highest BCUT2D eigenvalue weighted by atomic mass is 32.2. The van der Waals surface area contributed by atoms with E-state index in [0.29, 0.717) is 35.3 Å². The summed E-state index contributed by atoms with van der Waals surface area (Å²) in [6.45, 7) is 0.417. The molecule has 3 aromatic rings. The van der Waals surface area contributed by atoms with Crippen molar-refractivity contribution < 1.29 is 32.2 Å². The Morgan fingerprint density at radius 1 is 1.09 bits per heavy atom. The molecule has 0 aliphatic rings. The lowest BCUT2D eigenvalue weighted by molar-refractivity contribution is -0.274. The average molecular weight is 483 g/mol. The Morgan fingerprint density at radius 3 is 2.48 bits per heavy atom. The minimum atomic E-state index is -4.77. The van der Waals surface area contributed by atoms with Crippen LogP contribution in [0.1, 0.15) is 5.56 Å². The molecule has 1 amide bonds. The summed E-state index contributed by atoms with van der Waals surface area (Å²) < 4.78 is 52.5. The van der Waals surface area contributed by atoms with Gasteiger partial charge in [-0.25, -0.2) is 0 Å². The van der Waals surface area contributed by atoms with E-state index in [4.69, 9.17) is 9.47 Å². The number of amides is 1. The van der Waals surface area contributed by atoms with Gasteiger partial charge in [0, 0.05) is 6.54 Å². The molecule has 13 heteroatoms. The normalized spacial score (nSPS) is 11.2. The number of methoxy groups -OCH3 is 2. The number of alkyl halides is 3. The maximum atomic E-state index is 12.3. The van der Waals surface area contributed by atoms with Crippen molar-refractivity contribution in [3.8, 4) is 22.9 Å². The molecule has 0 aliphatic heterocycles. The highest BCUT2D eigenvalue weighted by Gasteiger charge is 2.31. The van der Waals surface area contributed by atoms with Crippen molar-refractivity contribution in [2.45, 2.75) is 17.9 Å². The van der Waals surface area contributed by atoms with Crippen LogP contribution in [0.5, 0.6) is 17.2 Å². The zero-order valence-corrected chi connectivity index (χ0v) is 18.4. The van der Waals surface area contributed by atoms with Gasteiger partial charge < -0.3 is 19.5 Å². The van der Waals surface area contributed by atoms with E-state index in [9.17, 15) is 18.0 Å². The smallest absolute Gasteiger partial charge is 0.493 e. The minimum absolute atomic E-state index is 0.0571. The molecule has 33 heavy (non-hydrogen) atoms. The number of nitrogens with one attached hydrogen (secondary N) is 1. The molecule has 2 aromatic carbocycles. The second kappa shape index (κ2) is 10.9. The first-order chi connectivity index (χ1) is 15.8. The molecule has 0 aliphatic carbocycles. The number of nitrogens with zero attached hydrogens (tertiary/aromatic N) is 4. The van der Waals surface area contributed by atoms with Crippen LogP contribution in [0.4, 0.5) is 13.2 Å². The third-order valence-corrected chi connectivity index (χ3v) is 5.19. The van der Waals surface area contributed by atoms with Crippen molar-refractivity contribution in [1.82, 2.24) is 25.5 Å². The molecule has 9 nitrogen and oxygen atoms in total. The first-order valence-electron chi connectivity index (χ1n) is 9.54. The van der Waals surface area contributed by atoms with Crippen LogP contribution in [-0.2, 0) is 11.2 Å². The van der Waals surface area contributed by atoms with Gasteiger partial charge in [-0.3, -0.25) is 4.79 Å². The summed E-state index contributed by atoms with van der Waals surface area (Å²) in [5, 5.41) is 14.4. The minimum Gasteiger partial charge on any atom is -0.493 e. The molecular formula is C20H20F3N5O4S. The van der Waals surface area contributed by atoms with E-state index in [1.807, 2.05) is 12.1 Å². The van der Waals surface area contributed by atoms with Crippen LogP contribution < -0.4 is 19.5 Å². The van der Waals surface area contributed by atoms with Gasteiger partial charge in [0.25, 0.3) is 0 Å². The van der Waals surface area contributed by atoms with E-state index in [1.165, 1.54) is 16.8 Å².